The zero-order valence-electron chi connectivity index (χ0n) is 12.3. The van der Waals surface area contributed by atoms with Gasteiger partial charge < -0.3 is 10.1 Å². The van der Waals surface area contributed by atoms with E-state index in [-0.39, 0.29) is 22.2 Å². The van der Waals surface area contributed by atoms with Crippen LogP contribution in [0.4, 0.5) is 18.9 Å². The average molecular weight is 346 g/mol. The topological polar surface area (TPSA) is 38.3 Å². The van der Waals surface area contributed by atoms with Crippen LogP contribution in [0.1, 0.15) is 25.3 Å². The number of hydrogen-bond donors (Lipinski definition) is 1. The number of ether oxygens (including phenoxy) is 1. The fraction of sp³-hybridized carbons (Fsp3) is 0.438. The molecule has 0 radical (unpaired) electrons. The Balaban J connectivity index is 2.22. The summed E-state index contributed by atoms with van der Waals surface area (Å²) in [6.07, 6.45) is -1.74. The van der Waals surface area contributed by atoms with Crippen molar-refractivity contribution >= 4 is 23.2 Å². The average Bonchev–Trinajstić information content (AvgIpc) is 3.27. The van der Waals surface area contributed by atoms with Gasteiger partial charge in [0.25, 0.3) is 5.91 Å². The van der Waals surface area contributed by atoms with Gasteiger partial charge in [-0.2, -0.15) is 13.2 Å². The number of hydrogen-bond acceptors (Lipinski definition) is 2. The van der Waals surface area contributed by atoms with E-state index in [1.54, 1.807) is 0 Å². The largest absolute Gasteiger partial charge is 0.425 e. The minimum Gasteiger partial charge on any atom is -0.344 e. The second kappa shape index (κ2) is 5.53. The molecule has 0 bridgehead atoms. The molecule has 1 saturated carbocycles. The number of amides is 1. The minimum atomic E-state index is -4.74. The Morgan fingerprint density at radius 1 is 1.39 bits per heavy atom. The van der Waals surface area contributed by atoms with Gasteiger partial charge in [0, 0.05) is 16.3 Å². The Morgan fingerprint density at radius 2 is 2.09 bits per heavy atom. The summed E-state index contributed by atoms with van der Waals surface area (Å²) in [5.41, 5.74) is -2.84. The fourth-order valence-corrected chi connectivity index (χ4v) is 2.74. The van der Waals surface area contributed by atoms with Crippen molar-refractivity contribution in [1.82, 2.24) is 0 Å². The predicted molar refractivity (Wildman–Crippen MR) is 80.2 cm³/mol. The summed E-state index contributed by atoms with van der Waals surface area (Å²) in [4.78, 5) is 12.0. The van der Waals surface area contributed by atoms with Crippen molar-refractivity contribution in [1.29, 1.82) is 0 Å². The van der Waals surface area contributed by atoms with Crippen LogP contribution in [0.25, 0.3) is 0 Å². The summed E-state index contributed by atoms with van der Waals surface area (Å²) >= 11 is 5.90. The van der Waals surface area contributed by atoms with Crippen molar-refractivity contribution in [3.63, 3.8) is 0 Å². The lowest BCUT2D eigenvalue weighted by Gasteiger charge is -2.34. The molecule has 1 aliphatic heterocycles. The van der Waals surface area contributed by atoms with Gasteiger partial charge in [-0.05, 0) is 50.0 Å². The highest BCUT2D eigenvalue weighted by atomic mass is 35.5. The first-order valence-corrected chi connectivity index (χ1v) is 7.65. The van der Waals surface area contributed by atoms with E-state index in [0.717, 1.165) is 18.9 Å². The number of nitrogens with one attached hydrogen (secondary N) is 1. The van der Waals surface area contributed by atoms with E-state index in [1.165, 1.54) is 31.2 Å². The molecule has 2 atom stereocenters. The van der Waals surface area contributed by atoms with Gasteiger partial charge in [0.15, 0.2) is 0 Å². The monoisotopic (exact) mass is 345 g/mol. The first kappa shape index (κ1) is 16.3. The number of alkyl halides is 3. The highest BCUT2D eigenvalue weighted by Crippen LogP contribution is 2.49. The van der Waals surface area contributed by atoms with E-state index in [2.05, 4.69) is 5.32 Å². The van der Waals surface area contributed by atoms with Gasteiger partial charge in [-0.25, -0.2) is 0 Å². The molecule has 1 aromatic carbocycles. The molecule has 1 aliphatic carbocycles. The summed E-state index contributed by atoms with van der Waals surface area (Å²) in [5.74, 6) is -0.498. The van der Waals surface area contributed by atoms with E-state index in [9.17, 15) is 18.0 Å². The second-order valence-electron chi connectivity index (χ2n) is 5.87. The number of carbonyl (C=O) groups is 1. The van der Waals surface area contributed by atoms with Gasteiger partial charge in [0.1, 0.15) is 6.10 Å². The Kier molecular flexibility index (Phi) is 3.92. The Labute approximate surface area is 136 Å². The first-order chi connectivity index (χ1) is 10.7. The van der Waals surface area contributed by atoms with Crippen molar-refractivity contribution in [2.45, 2.75) is 37.6 Å². The van der Waals surface area contributed by atoms with Crippen LogP contribution in [-0.2, 0) is 15.1 Å². The molecule has 1 amide bonds. The normalized spacial score (nSPS) is 28.4. The summed E-state index contributed by atoms with van der Waals surface area (Å²) in [7, 11) is 0. The number of anilines is 1. The predicted octanol–water partition coefficient (Wildman–Crippen LogP) is 4.42. The van der Waals surface area contributed by atoms with Gasteiger partial charge >= 0.3 is 6.18 Å². The van der Waals surface area contributed by atoms with Gasteiger partial charge in [-0.1, -0.05) is 17.7 Å². The molecule has 124 valence electrons. The molecule has 3 rings (SSSR count). The van der Waals surface area contributed by atoms with Crippen LogP contribution < -0.4 is 5.32 Å². The molecule has 23 heavy (non-hydrogen) atoms. The lowest BCUT2D eigenvalue weighted by molar-refractivity contribution is -0.271. The lowest BCUT2D eigenvalue weighted by Crippen LogP contribution is -2.45. The quantitative estimate of drug-likeness (QED) is 0.806. The van der Waals surface area contributed by atoms with E-state index >= 15 is 0 Å². The van der Waals surface area contributed by atoms with Crippen LogP contribution >= 0.6 is 11.6 Å². The number of carbonyl (C=O) groups excluding carboxylic acids is 1. The van der Waals surface area contributed by atoms with Gasteiger partial charge in [0.2, 0.25) is 5.60 Å². The van der Waals surface area contributed by atoms with Crippen molar-refractivity contribution < 1.29 is 22.7 Å². The molecule has 1 aromatic rings. The van der Waals surface area contributed by atoms with Crippen LogP contribution in [0, 0.1) is 5.92 Å². The summed E-state index contributed by atoms with van der Waals surface area (Å²) in [6, 6.07) is 3.99. The van der Waals surface area contributed by atoms with Crippen LogP contribution in [0.2, 0.25) is 5.02 Å². The molecule has 1 fully saturated rings. The maximum absolute atomic E-state index is 14.0. The fourth-order valence-electron chi connectivity index (χ4n) is 2.57. The molecule has 1 N–H and O–H groups in total. The first-order valence-electron chi connectivity index (χ1n) is 7.28. The Morgan fingerprint density at radius 3 is 2.70 bits per heavy atom. The number of benzene rings is 1. The number of halogens is 4. The van der Waals surface area contributed by atoms with E-state index < -0.39 is 23.8 Å². The molecular formula is C16H15ClF3NO2. The standard InChI is InChI=1S/C16H15ClF3NO2/c1-9-14(22)21-13-5-4-11(17)8-12(13)15(23-9,16(18,19)20)7-6-10-2-3-10/h4-10H,2-3H2,1H3,(H,21,22)/b7-6+/t9?,15-/m0/s1. The molecule has 1 heterocycles. The molecule has 2 aliphatic rings. The van der Waals surface area contributed by atoms with Crippen molar-refractivity contribution in [3.05, 3.63) is 40.9 Å². The second-order valence-corrected chi connectivity index (χ2v) is 6.31. The zero-order valence-corrected chi connectivity index (χ0v) is 13.0. The number of rotatable bonds is 2. The smallest absolute Gasteiger partial charge is 0.344 e. The maximum Gasteiger partial charge on any atom is 0.425 e. The van der Waals surface area contributed by atoms with E-state index in [0.29, 0.717) is 0 Å². The molecular weight excluding hydrogens is 331 g/mol. The van der Waals surface area contributed by atoms with Crippen molar-refractivity contribution in [2.75, 3.05) is 5.32 Å². The van der Waals surface area contributed by atoms with Gasteiger partial charge in [-0.15, -0.1) is 0 Å². The Hall–Kier alpha value is -1.53. The SMILES string of the molecule is CC1O[C@](/C=C/C2CC2)(C(F)(F)F)c2cc(Cl)ccc2NC1=O. The van der Waals surface area contributed by atoms with Crippen LogP contribution in [-0.4, -0.2) is 18.2 Å². The van der Waals surface area contributed by atoms with Gasteiger partial charge in [-0.3, -0.25) is 4.79 Å². The van der Waals surface area contributed by atoms with Crippen molar-refractivity contribution in [2.24, 2.45) is 5.92 Å². The highest BCUT2D eigenvalue weighted by Gasteiger charge is 2.59. The molecule has 0 aromatic heterocycles. The molecule has 0 spiro atoms. The third-order valence-corrected chi connectivity index (χ3v) is 4.25. The van der Waals surface area contributed by atoms with Crippen LogP contribution in [0.3, 0.4) is 0 Å². The van der Waals surface area contributed by atoms with Crippen molar-refractivity contribution in [3.8, 4) is 0 Å². The van der Waals surface area contributed by atoms with E-state index in [1.807, 2.05) is 0 Å². The molecule has 1 unspecified atom stereocenters. The van der Waals surface area contributed by atoms with Crippen LogP contribution in [0.15, 0.2) is 30.4 Å². The lowest BCUT2D eigenvalue weighted by atomic mass is 9.90. The minimum absolute atomic E-state index is 0.0570. The third kappa shape index (κ3) is 2.97. The van der Waals surface area contributed by atoms with Crippen LogP contribution in [0.5, 0.6) is 0 Å². The molecule has 3 nitrogen and oxygen atoms in total. The number of fused-ring (bicyclic) bond motifs is 1. The third-order valence-electron chi connectivity index (χ3n) is 4.02. The molecule has 0 saturated heterocycles. The highest BCUT2D eigenvalue weighted by molar-refractivity contribution is 6.30. The maximum atomic E-state index is 14.0. The van der Waals surface area contributed by atoms with Gasteiger partial charge in [0.05, 0.1) is 0 Å². The number of allylic oxidation sites excluding steroid dienone is 1. The summed E-state index contributed by atoms with van der Waals surface area (Å²) in [5, 5.41) is 2.62. The summed E-state index contributed by atoms with van der Waals surface area (Å²) in [6.45, 7) is 1.30. The molecule has 7 heteroatoms. The summed E-state index contributed by atoms with van der Waals surface area (Å²) < 4.78 is 47.3. The van der Waals surface area contributed by atoms with E-state index in [4.69, 9.17) is 16.3 Å². The Bertz CT molecular complexity index is 670. The zero-order chi connectivity index (χ0) is 16.8.